The quantitative estimate of drug-likeness (QED) is 0.736. The van der Waals surface area contributed by atoms with Crippen molar-refractivity contribution < 1.29 is 14.3 Å². The van der Waals surface area contributed by atoms with Gasteiger partial charge >= 0.3 is 0 Å². The molecule has 0 bridgehead atoms. The van der Waals surface area contributed by atoms with Crippen molar-refractivity contribution in [1.82, 2.24) is 14.8 Å². The smallest absolute Gasteiger partial charge is 0.253 e. The highest BCUT2D eigenvalue weighted by Crippen LogP contribution is 2.32. The van der Waals surface area contributed by atoms with Crippen LogP contribution in [0.5, 0.6) is 5.75 Å². The van der Waals surface area contributed by atoms with Gasteiger partial charge in [-0.2, -0.15) is 0 Å². The predicted molar refractivity (Wildman–Crippen MR) is 114 cm³/mol. The van der Waals surface area contributed by atoms with Gasteiger partial charge in [0.05, 0.1) is 12.2 Å². The van der Waals surface area contributed by atoms with Gasteiger partial charge in [-0.25, -0.2) is 0 Å². The lowest BCUT2D eigenvalue weighted by Crippen LogP contribution is -2.42. The number of benzene rings is 1. The van der Waals surface area contributed by atoms with Gasteiger partial charge in [-0.3, -0.25) is 14.6 Å². The second kappa shape index (κ2) is 8.86. The van der Waals surface area contributed by atoms with Gasteiger partial charge in [-0.05, 0) is 55.7 Å². The molecule has 6 heteroatoms. The van der Waals surface area contributed by atoms with Crippen molar-refractivity contribution in [2.45, 2.75) is 45.3 Å². The van der Waals surface area contributed by atoms with Crippen LogP contribution in [0.1, 0.15) is 47.3 Å². The van der Waals surface area contributed by atoms with Crippen molar-refractivity contribution in [1.29, 1.82) is 0 Å². The Hall–Kier alpha value is -2.89. The third-order valence-corrected chi connectivity index (χ3v) is 5.94. The van der Waals surface area contributed by atoms with E-state index in [0.717, 1.165) is 55.8 Å². The van der Waals surface area contributed by atoms with E-state index in [4.69, 9.17) is 4.74 Å². The third-order valence-electron chi connectivity index (χ3n) is 5.94. The Morgan fingerprint density at radius 2 is 1.80 bits per heavy atom. The minimum absolute atomic E-state index is 0.0431. The van der Waals surface area contributed by atoms with E-state index in [9.17, 15) is 9.59 Å². The minimum atomic E-state index is -0.0431. The van der Waals surface area contributed by atoms with Gasteiger partial charge in [0.1, 0.15) is 11.9 Å². The van der Waals surface area contributed by atoms with Crippen LogP contribution in [-0.4, -0.2) is 52.8 Å². The number of hydrogen-bond acceptors (Lipinski definition) is 4. The lowest BCUT2D eigenvalue weighted by molar-refractivity contribution is -0.134. The number of amides is 2. The van der Waals surface area contributed by atoms with Crippen LogP contribution in [0.2, 0.25) is 0 Å². The number of carbonyl (C=O) groups excluding carboxylic acids is 2. The summed E-state index contributed by atoms with van der Waals surface area (Å²) in [4.78, 5) is 32.9. The third kappa shape index (κ3) is 4.81. The van der Waals surface area contributed by atoms with Gasteiger partial charge in [-0.15, -0.1) is 0 Å². The minimum Gasteiger partial charge on any atom is -0.490 e. The summed E-state index contributed by atoms with van der Waals surface area (Å²) >= 11 is 0. The molecule has 6 nitrogen and oxygen atoms in total. The Balaban J connectivity index is 1.29. The van der Waals surface area contributed by atoms with Gasteiger partial charge in [0.15, 0.2) is 0 Å². The average molecular weight is 408 g/mol. The van der Waals surface area contributed by atoms with Gasteiger partial charge in [0, 0.05) is 50.7 Å². The van der Waals surface area contributed by atoms with Crippen LogP contribution < -0.4 is 4.74 Å². The molecule has 1 aromatic carbocycles. The van der Waals surface area contributed by atoms with Crippen molar-refractivity contribution in [2.75, 3.05) is 20.1 Å². The van der Waals surface area contributed by atoms with E-state index < -0.39 is 0 Å². The molecule has 4 rings (SSSR count). The first-order valence-electron chi connectivity index (χ1n) is 10.7. The SMILES string of the molecule is Cc1cccnc1CN(C)C(=O)c1ccc(OC2CCN(C(=O)C3CC3)CC2)cc1. The molecule has 0 radical (unpaired) electrons. The second-order valence-corrected chi connectivity index (χ2v) is 8.37. The van der Waals surface area contributed by atoms with Crippen LogP contribution >= 0.6 is 0 Å². The Labute approximate surface area is 177 Å². The van der Waals surface area contributed by atoms with Crippen LogP contribution in [0.4, 0.5) is 0 Å². The molecule has 1 aliphatic carbocycles. The molecule has 1 aliphatic heterocycles. The molecule has 1 saturated heterocycles. The molecule has 2 amide bonds. The zero-order valence-electron chi connectivity index (χ0n) is 17.7. The maximum absolute atomic E-state index is 12.7. The van der Waals surface area contributed by atoms with E-state index >= 15 is 0 Å². The van der Waals surface area contributed by atoms with Gasteiger partial charge in [0.25, 0.3) is 5.91 Å². The molecule has 158 valence electrons. The largest absolute Gasteiger partial charge is 0.490 e. The zero-order chi connectivity index (χ0) is 21.1. The lowest BCUT2D eigenvalue weighted by atomic mass is 10.1. The van der Waals surface area contributed by atoms with Gasteiger partial charge < -0.3 is 14.5 Å². The number of rotatable bonds is 6. The van der Waals surface area contributed by atoms with Crippen molar-refractivity contribution in [3.05, 3.63) is 59.4 Å². The van der Waals surface area contributed by atoms with Crippen molar-refractivity contribution >= 4 is 11.8 Å². The normalized spacial score (nSPS) is 16.9. The molecular weight excluding hydrogens is 378 g/mol. The first-order valence-corrected chi connectivity index (χ1v) is 10.7. The lowest BCUT2D eigenvalue weighted by Gasteiger charge is -2.32. The van der Waals surface area contributed by atoms with Crippen molar-refractivity contribution in [3.63, 3.8) is 0 Å². The van der Waals surface area contributed by atoms with E-state index in [0.29, 0.717) is 18.0 Å². The summed E-state index contributed by atoms with van der Waals surface area (Å²) in [5.41, 5.74) is 2.61. The fraction of sp³-hybridized carbons (Fsp3) is 0.458. The summed E-state index contributed by atoms with van der Waals surface area (Å²) < 4.78 is 6.09. The topological polar surface area (TPSA) is 62.7 Å². The fourth-order valence-corrected chi connectivity index (χ4v) is 3.85. The predicted octanol–water partition coefficient (Wildman–Crippen LogP) is 3.44. The summed E-state index contributed by atoms with van der Waals surface area (Å²) in [5.74, 6) is 1.33. The van der Waals surface area contributed by atoms with Crippen LogP contribution in [0.3, 0.4) is 0 Å². The van der Waals surface area contributed by atoms with Crippen molar-refractivity contribution in [2.24, 2.45) is 5.92 Å². The maximum Gasteiger partial charge on any atom is 0.253 e. The van der Waals surface area contributed by atoms with Crippen molar-refractivity contribution in [3.8, 4) is 5.75 Å². The summed E-state index contributed by atoms with van der Waals surface area (Å²) in [6.45, 7) is 4.02. The van der Waals surface area contributed by atoms with Crippen LogP contribution in [-0.2, 0) is 11.3 Å². The van der Waals surface area contributed by atoms with E-state index in [2.05, 4.69) is 4.98 Å². The molecule has 0 N–H and O–H groups in total. The number of piperidine rings is 1. The molecule has 2 fully saturated rings. The molecule has 2 heterocycles. The number of pyridine rings is 1. The number of hydrogen-bond donors (Lipinski definition) is 0. The molecule has 2 aliphatic rings. The maximum atomic E-state index is 12.7. The monoisotopic (exact) mass is 407 g/mol. The number of likely N-dealkylation sites (tertiary alicyclic amines) is 1. The Morgan fingerprint density at radius 1 is 1.10 bits per heavy atom. The first kappa shape index (κ1) is 20.4. The van der Waals surface area contributed by atoms with E-state index in [-0.39, 0.29) is 17.9 Å². The highest BCUT2D eigenvalue weighted by Gasteiger charge is 2.35. The van der Waals surface area contributed by atoms with Gasteiger partial charge in [0.2, 0.25) is 5.91 Å². The summed E-state index contributed by atoms with van der Waals surface area (Å²) in [7, 11) is 1.79. The first-order chi connectivity index (χ1) is 14.5. The Bertz CT molecular complexity index is 900. The number of aromatic nitrogens is 1. The molecule has 0 spiro atoms. The molecular formula is C24H29N3O3. The number of nitrogens with zero attached hydrogens (tertiary/aromatic N) is 3. The molecule has 1 saturated carbocycles. The van der Waals surface area contributed by atoms with E-state index in [1.807, 2.05) is 48.2 Å². The molecule has 0 atom stereocenters. The van der Waals surface area contributed by atoms with Gasteiger partial charge in [-0.1, -0.05) is 6.07 Å². The molecule has 0 unspecified atom stereocenters. The Kier molecular flexibility index (Phi) is 6.02. The highest BCUT2D eigenvalue weighted by molar-refractivity contribution is 5.94. The fourth-order valence-electron chi connectivity index (χ4n) is 3.85. The van der Waals surface area contributed by atoms with Crippen LogP contribution in [0, 0.1) is 12.8 Å². The highest BCUT2D eigenvalue weighted by atomic mass is 16.5. The zero-order valence-corrected chi connectivity index (χ0v) is 17.7. The molecule has 1 aromatic heterocycles. The Morgan fingerprint density at radius 3 is 2.43 bits per heavy atom. The van der Waals surface area contributed by atoms with Crippen LogP contribution in [0.15, 0.2) is 42.6 Å². The average Bonchev–Trinajstić information content (AvgIpc) is 3.61. The number of carbonyl (C=O) groups is 2. The van der Waals surface area contributed by atoms with Crippen LogP contribution in [0.25, 0.3) is 0 Å². The number of ether oxygens (including phenoxy) is 1. The van der Waals surface area contributed by atoms with E-state index in [1.54, 1.807) is 18.1 Å². The molecule has 2 aromatic rings. The summed E-state index contributed by atoms with van der Waals surface area (Å²) in [5, 5.41) is 0. The molecule has 30 heavy (non-hydrogen) atoms. The second-order valence-electron chi connectivity index (χ2n) is 8.37. The standard InChI is InChI=1S/C24H29N3O3/c1-17-4-3-13-25-22(17)16-26(2)23(28)18-7-9-20(10-8-18)30-21-11-14-27(15-12-21)24(29)19-5-6-19/h3-4,7-10,13,19,21H,5-6,11-12,14-16H2,1-2H3. The summed E-state index contributed by atoms with van der Waals surface area (Å²) in [6.07, 6.45) is 5.67. The number of aryl methyl sites for hydroxylation is 1. The summed E-state index contributed by atoms with van der Waals surface area (Å²) in [6, 6.07) is 11.2. The van der Waals surface area contributed by atoms with E-state index in [1.165, 1.54) is 0 Å².